The Labute approximate surface area is 101 Å². The first-order valence-electron chi connectivity index (χ1n) is 7.16. The zero-order valence-corrected chi connectivity index (χ0v) is 10.9. The van der Waals surface area contributed by atoms with E-state index >= 15 is 0 Å². The summed E-state index contributed by atoms with van der Waals surface area (Å²) < 4.78 is 0. The molecular formula is C14H29NO. The molecule has 2 N–H and O–H groups in total. The summed E-state index contributed by atoms with van der Waals surface area (Å²) in [6.07, 6.45) is 10.8. The smallest absolute Gasteiger partial charge is 0.0443 e. The van der Waals surface area contributed by atoms with E-state index in [1.807, 2.05) is 0 Å². The van der Waals surface area contributed by atoms with Crippen LogP contribution in [0.5, 0.6) is 0 Å². The molecule has 2 heteroatoms. The van der Waals surface area contributed by atoms with Gasteiger partial charge >= 0.3 is 0 Å². The third kappa shape index (κ3) is 5.86. The molecule has 0 amide bonds. The summed E-state index contributed by atoms with van der Waals surface area (Å²) >= 11 is 0. The van der Waals surface area contributed by atoms with Crippen LogP contribution in [0, 0.1) is 11.8 Å². The third-order valence-electron chi connectivity index (χ3n) is 3.98. The van der Waals surface area contributed by atoms with Crippen molar-refractivity contribution < 1.29 is 5.11 Å². The molecule has 0 aromatic heterocycles. The van der Waals surface area contributed by atoms with Crippen molar-refractivity contribution in [2.75, 3.05) is 19.7 Å². The van der Waals surface area contributed by atoms with Crippen molar-refractivity contribution >= 4 is 0 Å². The fraction of sp³-hybridized carbons (Fsp3) is 1.00. The zero-order chi connectivity index (χ0) is 11.6. The van der Waals surface area contributed by atoms with Gasteiger partial charge in [0.15, 0.2) is 0 Å². The quantitative estimate of drug-likeness (QED) is 0.625. The highest BCUT2D eigenvalue weighted by Crippen LogP contribution is 2.32. The Bertz CT molecular complexity index is 161. The van der Waals surface area contributed by atoms with Crippen molar-refractivity contribution in [2.24, 2.45) is 11.8 Å². The van der Waals surface area contributed by atoms with E-state index in [0.29, 0.717) is 6.61 Å². The second-order valence-corrected chi connectivity index (χ2v) is 5.34. The minimum Gasteiger partial charge on any atom is -0.396 e. The van der Waals surface area contributed by atoms with Crippen LogP contribution in [0.2, 0.25) is 0 Å². The zero-order valence-electron chi connectivity index (χ0n) is 10.9. The molecule has 0 aromatic rings. The summed E-state index contributed by atoms with van der Waals surface area (Å²) in [4.78, 5) is 0. The fourth-order valence-electron chi connectivity index (χ4n) is 2.81. The van der Waals surface area contributed by atoms with E-state index < -0.39 is 0 Å². The first kappa shape index (κ1) is 14.0. The van der Waals surface area contributed by atoms with Crippen LogP contribution < -0.4 is 5.32 Å². The number of hydrogen-bond donors (Lipinski definition) is 2. The first-order chi connectivity index (χ1) is 7.84. The average Bonchev–Trinajstić information content (AvgIpc) is 2.30. The Balaban J connectivity index is 1.90. The van der Waals surface area contributed by atoms with Gasteiger partial charge in [-0.1, -0.05) is 45.4 Å². The van der Waals surface area contributed by atoms with Crippen molar-refractivity contribution in [3.05, 3.63) is 0 Å². The lowest BCUT2D eigenvalue weighted by Crippen LogP contribution is -2.19. The fourth-order valence-corrected chi connectivity index (χ4v) is 2.81. The lowest BCUT2D eigenvalue weighted by molar-refractivity contribution is 0.236. The molecule has 1 saturated carbocycles. The largest absolute Gasteiger partial charge is 0.396 e. The highest BCUT2D eigenvalue weighted by atomic mass is 16.3. The lowest BCUT2D eigenvalue weighted by atomic mass is 9.78. The number of unbranched alkanes of at least 4 members (excludes halogenated alkanes) is 1. The van der Waals surface area contributed by atoms with Crippen LogP contribution in [0.3, 0.4) is 0 Å². The average molecular weight is 227 g/mol. The Morgan fingerprint density at radius 3 is 2.56 bits per heavy atom. The minimum absolute atomic E-state index is 0.312. The molecule has 0 spiro atoms. The molecule has 2 atom stereocenters. The molecule has 0 saturated heterocycles. The van der Waals surface area contributed by atoms with Crippen LogP contribution in [0.1, 0.15) is 58.3 Å². The summed E-state index contributed by atoms with van der Waals surface area (Å²) in [5.74, 6) is 1.97. The molecule has 0 aromatic carbocycles. The SMILES string of the molecule is CC1CCCCC1CCCCNCCCO. The van der Waals surface area contributed by atoms with Crippen molar-refractivity contribution in [1.82, 2.24) is 5.32 Å². The minimum atomic E-state index is 0.312. The van der Waals surface area contributed by atoms with E-state index in [1.54, 1.807) is 0 Å². The molecule has 2 nitrogen and oxygen atoms in total. The maximum atomic E-state index is 8.63. The van der Waals surface area contributed by atoms with Crippen molar-refractivity contribution in [1.29, 1.82) is 0 Å². The number of nitrogens with one attached hydrogen (secondary N) is 1. The summed E-state index contributed by atoms with van der Waals surface area (Å²) in [5, 5.41) is 12.0. The van der Waals surface area contributed by atoms with Gasteiger partial charge in [0.1, 0.15) is 0 Å². The van der Waals surface area contributed by atoms with Crippen LogP contribution in [0.4, 0.5) is 0 Å². The summed E-state index contributed by atoms with van der Waals surface area (Å²) in [6, 6.07) is 0. The standard InChI is InChI=1S/C14H29NO/c1-13-7-2-3-8-14(13)9-4-5-10-15-11-6-12-16/h13-16H,2-12H2,1H3. The highest BCUT2D eigenvalue weighted by Gasteiger charge is 2.20. The van der Waals surface area contributed by atoms with E-state index in [9.17, 15) is 0 Å². The van der Waals surface area contributed by atoms with E-state index in [0.717, 1.165) is 31.3 Å². The molecule has 16 heavy (non-hydrogen) atoms. The second kappa shape index (κ2) is 9.00. The molecular weight excluding hydrogens is 198 g/mol. The monoisotopic (exact) mass is 227 g/mol. The topological polar surface area (TPSA) is 32.3 Å². The Hall–Kier alpha value is -0.0800. The summed E-state index contributed by atoms with van der Waals surface area (Å²) in [5.41, 5.74) is 0. The molecule has 1 aliphatic carbocycles. The van der Waals surface area contributed by atoms with Crippen LogP contribution >= 0.6 is 0 Å². The van der Waals surface area contributed by atoms with Crippen LogP contribution in [-0.4, -0.2) is 24.8 Å². The third-order valence-corrected chi connectivity index (χ3v) is 3.98. The lowest BCUT2D eigenvalue weighted by Gasteiger charge is -2.28. The molecule has 1 rings (SSSR count). The molecule has 0 heterocycles. The van der Waals surface area contributed by atoms with E-state index in [4.69, 9.17) is 5.11 Å². The van der Waals surface area contributed by atoms with E-state index in [-0.39, 0.29) is 0 Å². The van der Waals surface area contributed by atoms with Gasteiger partial charge in [-0.05, 0) is 37.8 Å². The Kier molecular flexibility index (Phi) is 7.87. The van der Waals surface area contributed by atoms with E-state index in [2.05, 4.69) is 12.2 Å². The van der Waals surface area contributed by atoms with Crippen LogP contribution in [-0.2, 0) is 0 Å². The van der Waals surface area contributed by atoms with Gasteiger partial charge in [-0.25, -0.2) is 0 Å². The van der Waals surface area contributed by atoms with Crippen molar-refractivity contribution in [2.45, 2.75) is 58.3 Å². The van der Waals surface area contributed by atoms with Gasteiger partial charge in [0.05, 0.1) is 0 Å². The van der Waals surface area contributed by atoms with Crippen molar-refractivity contribution in [3.63, 3.8) is 0 Å². The van der Waals surface area contributed by atoms with Gasteiger partial charge in [0, 0.05) is 6.61 Å². The molecule has 0 bridgehead atoms. The van der Waals surface area contributed by atoms with Gasteiger partial charge < -0.3 is 10.4 Å². The van der Waals surface area contributed by atoms with Gasteiger partial charge in [0.2, 0.25) is 0 Å². The first-order valence-corrected chi connectivity index (χ1v) is 7.16. The number of aliphatic hydroxyl groups is 1. The normalized spacial score (nSPS) is 25.9. The van der Waals surface area contributed by atoms with Crippen LogP contribution in [0.25, 0.3) is 0 Å². The molecule has 1 fully saturated rings. The van der Waals surface area contributed by atoms with E-state index in [1.165, 1.54) is 44.9 Å². The summed E-state index contributed by atoms with van der Waals surface area (Å²) in [6.45, 7) is 4.84. The van der Waals surface area contributed by atoms with Gasteiger partial charge in [0.25, 0.3) is 0 Å². The van der Waals surface area contributed by atoms with Gasteiger partial charge in [-0.3, -0.25) is 0 Å². The predicted octanol–water partition coefficient (Wildman–Crippen LogP) is 2.96. The number of aliphatic hydroxyl groups excluding tert-OH is 1. The van der Waals surface area contributed by atoms with Crippen LogP contribution in [0.15, 0.2) is 0 Å². The highest BCUT2D eigenvalue weighted by molar-refractivity contribution is 4.72. The van der Waals surface area contributed by atoms with Gasteiger partial charge in [-0.2, -0.15) is 0 Å². The Morgan fingerprint density at radius 1 is 1.06 bits per heavy atom. The van der Waals surface area contributed by atoms with Gasteiger partial charge in [-0.15, -0.1) is 0 Å². The Morgan fingerprint density at radius 2 is 1.81 bits per heavy atom. The molecule has 0 aliphatic heterocycles. The maximum absolute atomic E-state index is 8.63. The number of rotatable bonds is 8. The predicted molar refractivity (Wildman–Crippen MR) is 69.5 cm³/mol. The number of hydrogen-bond acceptors (Lipinski definition) is 2. The molecule has 96 valence electrons. The second-order valence-electron chi connectivity index (χ2n) is 5.34. The summed E-state index contributed by atoms with van der Waals surface area (Å²) in [7, 11) is 0. The molecule has 1 aliphatic rings. The molecule has 0 radical (unpaired) electrons. The molecule has 2 unspecified atom stereocenters. The maximum Gasteiger partial charge on any atom is 0.0443 e. The van der Waals surface area contributed by atoms with Crippen molar-refractivity contribution in [3.8, 4) is 0 Å².